The summed E-state index contributed by atoms with van der Waals surface area (Å²) in [5, 5.41) is 8.92. The molecule has 1 aromatic rings. The molecule has 0 amide bonds. The van der Waals surface area contributed by atoms with Crippen LogP contribution in [0.15, 0.2) is 23.1 Å². The van der Waals surface area contributed by atoms with Gasteiger partial charge in [0.2, 0.25) is 10.0 Å². The Bertz CT molecular complexity index is 650. The Labute approximate surface area is 130 Å². The minimum absolute atomic E-state index is 0.0163. The van der Waals surface area contributed by atoms with Gasteiger partial charge in [-0.05, 0) is 25.1 Å². The fourth-order valence-corrected chi connectivity index (χ4v) is 5.99. The van der Waals surface area contributed by atoms with E-state index in [-0.39, 0.29) is 20.7 Å². The van der Waals surface area contributed by atoms with Crippen molar-refractivity contribution in [3.63, 3.8) is 0 Å². The summed E-state index contributed by atoms with van der Waals surface area (Å²) < 4.78 is 26.2. The number of benzene rings is 1. The predicted octanol–water partition coefficient (Wildman–Crippen LogP) is 2.53. The van der Waals surface area contributed by atoms with Gasteiger partial charge in [0.25, 0.3) is 0 Å². The van der Waals surface area contributed by atoms with Gasteiger partial charge >= 0.3 is 5.97 Å². The van der Waals surface area contributed by atoms with Crippen LogP contribution in [0.2, 0.25) is 10.0 Å². The van der Waals surface area contributed by atoms with E-state index in [2.05, 4.69) is 0 Å². The van der Waals surface area contributed by atoms with E-state index in [4.69, 9.17) is 28.3 Å². The van der Waals surface area contributed by atoms with Crippen LogP contribution in [0.4, 0.5) is 0 Å². The zero-order valence-electron chi connectivity index (χ0n) is 10.3. The molecule has 9 heteroatoms. The maximum absolute atomic E-state index is 12.6. The Kier molecular flexibility index (Phi) is 4.56. The van der Waals surface area contributed by atoms with Gasteiger partial charge in [0.05, 0.1) is 10.4 Å². The first kappa shape index (κ1) is 15.9. The first-order valence-corrected chi connectivity index (χ1v) is 8.82. The molecular weight excluding hydrogens is 345 g/mol. The van der Waals surface area contributed by atoms with Gasteiger partial charge in [-0.25, -0.2) is 8.42 Å². The van der Waals surface area contributed by atoms with Gasteiger partial charge in [0, 0.05) is 10.8 Å². The topological polar surface area (TPSA) is 74.7 Å². The molecule has 0 radical (unpaired) electrons. The lowest BCUT2D eigenvalue weighted by molar-refractivity contribution is -0.140. The lowest BCUT2D eigenvalue weighted by atomic mass is 10.3. The van der Waals surface area contributed by atoms with Crippen LogP contribution < -0.4 is 0 Å². The Morgan fingerprint density at radius 1 is 1.45 bits per heavy atom. The number of sulfonamides is 1. The summed E-state index contributed by atoms with van der Waals surface area (Å²) in [5.41, 5.74) is 0. The summed E-state index contributed by atoms with van der Waals surface area (Å²) in [4.78, 5) is 11.0. The molecule has 0 spiro atoms. The summed E-state index contributed by atoms with van der Waals surface area (Å²) in [6.45, 7) is 1.64. The van der Waals surface area contributed by atoms with Crippen LogP contribution in [0, 0.1) is 0 Å². The van der Waals surface area contributed by atoms with E-state index in [1.54, 1.807) is 6.92 Å². The summed E-state index contributed by atoms with van der Waals surface area (Å²) in [5.74, 6) is -0.975. The normalized spacial score (nSPS) is 23.9. The number of halogens is 2. The highest BCUT2D eigenvalue weighted by molar-refractivity contribution is 8.01. The average molecular weight is 356 g/mol. The second-order valence-electron chi connectivity index (χ2n) is 4.20. The Balaban J connectivity index is 2.53. The molecule has 0 aliphatic carbocycles. The first-order chi connectivity index (χ1) is 9.25. The fourth-order valence-electron chi connectivity index (χ4n) is 1.96. The molecule has 5 nitrogen and oxygen atoms in total. The summed E-state index contributed by atoms with van der Waals surface area (Å²) in [6, 6.07) is 2.98. The molecule has 110 valence electrons. The lowest BCUT2D eigenvalue weighted by Gasteiger charge is -2.24. The van der Waals surface area contributed by atoms with E-state index in [0.29, 0.717) is 0 Å². The summed E-state index contributed by atoms with van der Waals surface area (Å²) >= 11 is 13.0. The van der Waals surface area contributed by atoms with Crippen LogP contribution in [0.25, 0.3) is 0 Å². The number of aliphatic carboxylic acids is 1. The van der Waals surface area contributed by atoms with Crippen LogP contribution in [0.5, 0.6) is 0 Å². The molecule has 2 unspecified atom stereocenters. The van der Waals surface area contributed by atoms with Gasteiger partial charge in [-0.2, -0.15) is 4.31 Å². The largest absolute Gasteiger partial charge is 0.480 e. The van der Waals surface area contributed by atoms with Gasteiger partial charge < -0.3 is 5.11 Å². The van der Waals surface area contributed by atoms with Crippen LogP contribution in [-0.4, -0.2) is 41.0 Å². The highest BCUT2D eigenvalue weighted by Crippen LogP contribution is 2.37. The second kappa shape index (κ2) is 5.73. The number of rotatable bonds is 3. The van der Waals surface area contributed by atoms with Crippen molar-refractivity contribution in [3.05, 3.63) is 28.2 Å². The van der Waals surface area contributed by atoms with E-state index in [1.165, 1.54) is 30.0 Å². The van der Waals surface area contributed by atoms with Gasteiger partial charge in [0.1, 0.15) is 10.9 Å². The Morgan fingerprint density at radius 2 is 2.10 bits per heavy atom. The van der Waals surface area contributed by atoms with Crippen LogP contribution >= 0.6 is 35.0 Å². The molecule has 1 saturated heterocycles. The molecule has 2 atom stereocenters. The van der Waals surface area contributed by atoms with Gasteiger partial charge in [0.15, 0.2) is 0 Å². The first-order valence-electron chi connectivity index (χ1n) is 5.58. The molecule has 1 aliphatic rings. The van der Waals surface area contributed by atoms with Gasteiger partial charge in [-0.15, -0.1) is 11.8 Å². The Morgan fingerprint density at radius 3 is 2.70 bits per heavy atom. The molecule has 1 aliphatic heterocycles. The minimum atomic E-state index is -4.02. The average Bonchev–Trinajstić information content (AvgIpc) is 2.75. The molecule has 0 saturated carbocycles. The molecule has 2 rings (SSSR count). The molecule has 0 aromatic heterocycles. The lowest BCUT2D eigenvalue weighted by Crippen LogP contribution is -2.44. The molecule has 0 bridgehead atoms. The van der Waals surface area contributed by atoms with Crippen molar-refractivity contribution >= 4 is 51.0 Å². The van der Waals surface area contributed by atoms with Crippen molar-refractivity contribution in [2.45, 2.75) is 23.2 Å². The molecule has 1 N–H and O–H groups in total. The number of carboxylic acid groups (broad SMARTS) is 1. The summed E-state index contributed by atoms with van der Waals surface area (Å²) in [6.07, 6.45) is 0. The quantitative estimate of drug-likeness (QED) is 0.901. The number of nitrogens with zero attached hydrogens (tertiary/aromatic N) is 1. The van der Waals surface area contributed by atoms with Crippen LogP contribution in [0.1, 0.15) is 6.92 Å². The molecule has 1 fully saturated rings. The van der Waals surface area contributed by atoms with Crippen molar-refractivity contribution < 1.29 is 18.3 Å². The minimum Gasteiger partial charge on any atom is -0.480 e. The molecule has 1 aromatic carbocycles. The van der Waals surface area contributed by atoms with E-state index in [0.717, 1.165) is 4.31 Å². The number of hydrogen-bond acceptors (Lipinski definition) is 4. The zero-order chi connectivity index (χ0) is 15.1. The van der Waals surface area contributed by atoms with Crippen LogP contribution in [-0.2, 0) is 14.8 Å². The third kappa shape index (κ3) is 2.78. The monoisotopic (exact) mass is 355 g/mol. The number of carboxylic acids is 1. The zero-order valence-corrected chi connectivity index (χ0v) is 13.4. The fraction of sp³-hybridized carbons (Fsp3) is 0.364. The number of thioether (sulfide) groups is 1. The standard InChI is InChI=1S/C11H11Cl2NO4S2/c1-6-14(9(5-19-6)11(15)16)20(17,18)10-4-7(12)2-3-8(10)13/h2-4,6,9H,5H2,1H3,(H,15,16). The van der Waals surface area contributed by atoms with Crippen molar-refractivity contribution in [2.24, 2.45) is 0 Å². The molecular formula is C11H11Cl2NO4S2. The third-order valence-electron chi connectivity index (χ3n) is 2.89. The van der Waals surface area contributed by atoms with E-state index in [1.807, 2.05) is 0 Å². The molecule has 1 heterocycles. The van der Waals surface area contributed by atoms with E-state index >= 15 is 0 Å². The smallest absolute Gasteiger partial charge is 0.322 e. The van der Waals surface area contributed by atoms with Crippen molar-refractivity contribution in [1.29, 1.82) is 0 Å². The maximum Gasteiger partial charge on any atom is 0.322 e. The van der Waals surface area contributed by atoms with E-state index < -0.39 is 27.4 Å². The highest BCUT2D eigenvalue weighted by atomic mass is 35.5. The third-order valence-corrected chi connectivity index (χ3v) is 6.94. The van der Waals surface area contributed by atoms with Crippen molar-refractivity contribution in [2.75, 3.05) is 5.75 Å². The van der Waals surface area contributed by atoms with Crippen molar-refractivity contribution in [1.82, 2.24) is 4.31 Å². The predicted molar refractivity (Wildman–Crippen MR) is 78.8 cm³/mol. The second-order valence-corrected chi connectivity index (χ2v) is 8.20. The summed E-state index contributed by atoms with van der Waals surface area (Å²) in [7, 11) is -4.02. The SMILES string of the molecule is CC1SCC(C(=O)O)N1S(=O)(=O)c1cc(Cl)ccc1Cl. The Hall–Kier alpha value is -0.470. The van der Waals surface area contributed by atoms with Gasteiger partial charge in [-0.1, -0.05) is 23.2 Å². The number of carbonyl (C=O) groups is 1. The number of hydrogen-bond donors (Lipinski definition) is 1. The van der Waals surface area contributed by atoms with Crippen molar-refractivity contribution in [3.8, 4) is 0 Å². The maximum atomic E-state index is 12.6. The highest BCUT2D eigenvalue weighted by Gasteiger charge is 2.45. The molecule has 20 heavy (non-hydrogen) atoms. The van der Waals surface area contributed by atoms with E-state index in [9.17, 15) is 13.2 Å². The van der Waals surface area contributed by atoms with Gasteiger partial charge in [-0.3, -0.25) is 4.79 Å². The van der Waals surface area contributed by atoms with Crippen LogP contribution in [0.3, 0.4) is 0 Å².